The van der Waals surface area contributed by atoms with Crippen molar-refractivity contribution in [3.05, 3.63) is 11.8 Å². The van der Waals surface area contributed by atoms with Crippen molar-refractivity contribution in [1.82, 2.24) is 5.32 Å². The number of carbonyl (C=O) groups is 1. The Hall–Kier alpha value is -1.07. The van der Waals surface area contributed by atoms with Gasteiger partial charge in [-0.3, -0.25) is 4.79 Å². The summed E-state index contributed by atoms with van der Waals surface area (Å²) in [5.41, 5.74) is 0. The molecule has 1 saturated carbocycles. The lowest BCUT2D eigenvalue weighted by Crippen LogP contribution is -2.42. The number of amides is 1. The van der Waals surface area contributed by atoms with Gasteiger partial charge in [-0.2, -0.15) is 0 Å². The van der Waals surface area contributed by atoms with Gasteiger partial charge in [0.05, 0.1) is 0 Å². The molecule has 3 atom stereocenters. The van der Waals surface area contributed by atoms with Gasteiger partial charge in [0.25, 0.3) is 5.91 Å². The zero-order chi connectivity index (χ0) is 15.2. The number of aliphatic hydroxyl groups is 1. The van der Waals surface area contributed by atoms with E-state index in [0.717, 1.165) is 12.8 Å². The van der Waals surface area contributed by atoms with Crippen molar-refractivity contribution in [3.8, 4) is 0 Å². The molecule has 0 aromatic rings. The molecule has 1 aliphatic carbocycles. The van der Waals surface area contributed by atoms with E-state index in [-0.39, 0.29) is 24.7 Å². The number of likely N-dealkylation sites (N-methyl/N-ethyl adjacent to an activating group) is 1. The number of rotatable bonds is 7. The van der Waals surface area contributed by atoms with Crippen LogP contribution in [0.2, 0.25) is 0 Å². The zero-order valence-corrected chi connectivity index (χ0v) is 13.0. The number of nitrogens with one attached hydrogen (secondary N) is 1. The normalized spacial score (nSPS) is 29.3. The summed E-state index contributed by atoms with van der Waals surface area (Å²) in [6.45, 7) is 2.67. The summed E-state index contributed by atoms with van der Waals surface area (Å²) in [6.07, 6.45) is 6.87. The largest absolute Gasteiger partial charge is 0.459 e. The molecule has 2 rings (SSSR count). The van der Waals surface area contributed by atoms with Gasteiger partial charge >= 0.3 is 0 Å². The molecule has 5 heteroatoms. The molecule has 0 aromatic heterocycles. The van der Waals surface area contributed by atoms with E-state index in [1.807, 2.05) is 13.0 Å². The SMILES string of the molecule is CCO[C@H]1OC(C(=O)NC)=C[C@@H](C2CCC2)[C@H]1CCCO. The van der Waals surface area contributed by atoms with Gasteiger partial charge in [-0.1, -0.05) is 6.42 Å². The Kier molecular flexibility index (Phi) is 6.06. The molecule has 0 radical (unpaired) electrons. The molecule has 5 nitrogen and oxygen atoms in total. The second-order valence-electron chi connectivity index (χ2n) is 5.85. The number of aliphatic hydroxyl groups excluding tert-OH is 1. The highest BCUT2D eigenvalue weighted by Crippen LogP contribution is 2.44. The number of hydrogen-bond acceptors (Lipinski definition) is 4. The molecule has 0 saturated heterocycles. The third-order valence-corrected chi connectivity index (χ3v) is 4.60. The summed E-state index contributed by atoms with van der Waals surface area (Å²) < 4.78 is 11.5. The Morgan fingerprint density at radius 1 is 1.52 bits per heavy atom. The van der Waals surface area contributed by atoms with Crippen molar-refractivity contribution in [1.29, 1.82) is 0 Å². The van der Waals surface area contributed by atoms with Crippen LogP contribution in [-0.2, 0) is 14.3 Å². The van der Waals surface area contributed by atoms with Gasteiger partial charge in [0, 0.05) is 26.2 Å². The topological polar surface area (TPSA) is 67.8 Å². The van der Waals surface area contributed by atoms with Crippen LogP contribution in [0.15, 0.2) is 11.8 Å². The highest BCUT2D eigenvalue weighted by atomic mass is 16.7. The highest BCUT2D eigenvalue weighted by Gasteiger charge is 2.41. The van der Waals surface area contributed by atoms with Gasteiger partial charge in [-0.15, -0.1) is 0 Å². The average Bonchev–Trinajstić information content (AvgIpc) is 2.43. The van der Waals surface area contributed by atoms with Crippen LogP contribution in [0.25, 0.3) is 0 Å². The third-order valence-electron chi connectivity index (χ3n) is 4.60. The van der Waals surface area contributed by atoms with E-state index in [0.29, 0.717) is 24.2 Å². The molecule has 0 bridgehead atoms. The smallest absolute Gasteiger partial charge is 0.285 e. The van der Waals surface area contributed by atoms with Gasteiger partial charge in [0.1, 0.15) is 0 Å². The minimum Gasteiger partial charge on any atom is -0.459 e. The quantitative estimate of drug-likeness (QED) is 0.752. The lowest BCUT2D eigenvalue weighted by molar-refractivity contribution is -0.178. The number of ether oxygens (including phenoxy) is 2. The van der Waals surface area contributed by atoms with Crippen LogP contribution < -0.4 is 5.32 Å². The van der Waals surface area contributed by atoms with Crippen LogP contribution in [0.3, 0.4) is 0 Å². The second kappa shape index (κ2) is 7.80. The van der Waals surface area contributed by atoms with E-state index in [9.17, 15) is 4.79 Å². The van der Waals surface area contributed by atoms with E-state index in [1.54, 1.807) is 7.05 Å². The number of hydrogen-bond donors (Lipinski definition) is 2. The highest BCUT2D eigenvalue weighted by molar-refractivity contribution is 5.91. The molecule has 1 heterocycles. The van der Waals surface area contributed by atoms with Crippen LogP contribution in [0.5, 0.6) is 0 Å². The molecule has 0 aromatic carbocycles. The van der Waals surface area contributed by atoms with Crippen LogP contribution in [0.4, 0.5) is 0 Å². The minimum atomic E-state index is -0.385. The van der Waals surface area contributed by atoms with E-state index in [2.05, 4.69) is 5.32 Å². The molecule has 21 heavy (non-hydrogen) atoms. The third kappa shape index (κ3) is 3.77. The monoisotopic (exact) mass is 297 g/mol. The summed E-state index contributed by atoms with van der Waals surface area (Å²) in [6, 6.07) is 0. The molecule has 2 aliphatic rings. The standard InChI is InChI=1S/C16H27NO4/c1-3-20-16-12(8-5-9-18)13(11-6-4-7-11)10-14(21-16)15(19)17-2/h10-13,16,18H,3-9H2,1-2H3,(H,17,19)/t12-,13+,16+/m1/s1. The summed E-state index contributed by atoms with van der Waals surface area (Å²) in [5, 5.41) is 11.7. The maximum absolute atomic E-state index is 11.9. The summed E-state index contributed by atoms with van der Waals surface area (Å²) in [4.78, 5) is 11.9. The van der Waals surface area contributed by atoms with Crippen LogP contribution in [0.1, 0.15) is 39.0 Å². The molecule has 120 valence electrons. The molecule has 0 unspecified atom stereocenters. The van der Waals surface area contributed by atoms with Gasteiger partial charge in [0.15, 0.2) is 5.76 Å². The van der Waals surface area contributed by atoms with Crippen molar-refractivity contribution >= 4 is 5.91 Å². The predicted octanol–water partition coefficient (Wildman–Crippen LogP) is 1.81. The first-order valence-electron chi connectivity index (χ1n) is 8.04. The van der Waals surface area contributed by atoms with Crippen molar-refractivity contribution in [2.24, 2.45) is 17.8 Å². The Morgan fingerprint density at radius 3 is 2.81 bits per heavy atom. The van der Waals surface area contributed by atoms with Crippen molar-refractivity contribution in [2.45, 2.75) is 45.3 Å². The first-order valence-corrected chi connectivity index (χ1v) is 8.04. The minimum absolute atomic E-state index is 0.179. The Morgan fingerprint density at radius 2 is 2.29 bits per heavy atom. The second-order valence-corrected chi connectivity index (χ2v) is 5.85. The Balaban J connectivity index is 2.20. The van der Waals surface area contributed by atoms with E-state index in [4.69, 9.17) is 14.6 Å². The van der Waals surface area contributed by atoms with Crippen LogP contribution in [-0.4, -0.2) is 37.6 Å². The Labute approximate surface area is 126 Å². The van der Waals surface area contributed by atoms with Gasteiger partial charge < -0.3 is 19.9 Å². The van der Waals surface area contributed by atoms with E-state index < -0.39 is 0 Å². The summed E-state index contributed by atoms with van der Waals surface area (Å²) >= 11 is 0. The molecular weight excluding hydrogens is 270 g/mol. The first kappa shape index (κ1) is 16.3. The van der Waals surface area contributed by atoms with Gasteiger partial charge in [-0.05, 0) is 50.5 Å². The lowest BCUT2D eigenvalue weighted by Gasteiger charge is -2.43. The first-order chi connectivity index (χ1) is 10.2. The van der Waals surface area contributed by atoms with Crippen molar-refractivity contribution < 1.29 is 19.4 Å². The zero-order valence-electron chi connectivity index (χ0n) is 13.0. The fourth-order valence-corrected chi connectivity index (χ4v) is 3.27. The van der Waals surface area contributed by atoms with Crippen LogP contribution >= 0.6 is 0 Å². The molecule has 1 aliphatic heterocycles. The fourth-order valence-electron chi connectivity index (χ4n) is 3.27. The van der Waals surface area contributed by atoms with Crippen LogP contribution in [0, 0.1) is 17.8 Å². The van der Waals surface area contributed by atoms with E-state index in [1.165, 1.54) is 19.3 Å². The Bertz CT molecular complexity index is 378. The molecular formula is C16H27NO4. The van der Waals surface area contributed by atoms with Gasteiger partial charge in [0.2, 0.25) is 6.29 Å². The maximum atomic E-state index is 11.9. The number of carbonyl (C=O) groups excluding carboxylic acids is 1. The average molecular weight is 297 g/mol. The molecule has 0 spiro atoms. The predicted molar refractivity (Wildman–Crippen MR) is 79.3 cm³/mol. The molecule has 1 fully saturated rings. The summed E-state index contributed by atoms with van der Waals surface area (Å²) in [5.74, 6) is 1.33. The van der Waals surface area contributed by atoms with E-state index >= 15 is 0 Å². The number of allylic oxidation sites excluding steroid dienone is 1. The maximum Gasteiger partial charge on any atom is 0.285 e. The van der Waals surface area contributed by atoms with Crippen molar-refractivity contribution in [3.63, 3.8) is 0 Å². The molecule has 1 amide bonds. The lowest BCUT2D eigenvalue weighted by atomic mass is 9.68. The van der Waals surface area contributed by atoms with Gasteiger partial charge in [-0.25, -0.2) is 0 Å². The fraction of sp³-hybridized carbons (Fsp3) is 0.812. The molecule has 2 N–H and O–H groups in total. The summed E-state index contributed by atoms with van der Waals surface area (Å²) in [7, 11) is 1.61. The van der Waals surface area contributed by atoms with Crippen molar-refractivity contribution in [2.75, 3.05) is 20.3 Å².